The minimum Gasteiger partial charge on any atom is -0.469 e. The van der Waals surface area contributed by atoms with Crippen LogP contribution in [0.4, 0.5) is 0 Å². The lowest BCUT2D eigenvalue weighted by molar-refractivity contribution is -0.146. The van der Waals surface area contributed by atoms with Gasteiger partial charge in [-0.1, -0.05) is 67.6 Å². The van der Waals surface area contributed by atoms with Gasteiger partial charge in [0.2, 0.25) is 0 Å². The Hall–Kier alpha value is -2.42. The van der Waals surface area contributed by atoms with Crippen LogP contribution in [0.1, 0.15) is 41.6 Å². The topological polar surface area (TPSA) is 43.4 Å². The van der Waals surface area contributed by atoms with Crippen LogP contribution in [0.2, 0.25) is 0 Å². The second-order valence-corrected chi connectivity index (χ2v) is 5.55. The molecule has 0 aliphatic heterocycles. The van der Waals surface area contributed by atoms with E-state index in [4.69, 9.17) is 4.74 Å². The van der Waals surface area contributed by atoms with E-state index >= 15 is 0 Å². The van der Waals surface area contributed by atoms with Crippen LogP contribution in [-0.2, 0) is 9.53 Å². The minimum atomic E-state index is -0.324. The van der Waals surface area contributed by atoms with Crippen LogP contribution in [0.15, 0.2) is 60.7 Å². The maximum absolute atomic E-state index is 12.6. The van der Waals surface area contributed by atoms with Crippen LogP contribution in [-0.4, -0.2) is 18.9 Å². The molecule has 0 aliphatic rings. The number of hydrogen-bond donors (Lipinski definition) is 0. The SMILES string of the molecule is CC[C@H](C(=O)OC)C(CC(=O)c1ccccc1)c1ccccc1. The molecule has 0 fully saturated rings. The third-order valence-corrected chi connectivity index (χ3v) is 4.16. The van der Waals surface area contributed by atoms with Gasteiger partial charge < -0.3 is 4.74 Å². The van der Waals surface area contributed by atoms with Crippen molar-refractivity contribution in [3.8, 4) is 0 Å². The van der Waals surface area contributed by atoms with Gasteiger partial charge >= 0.3 is 5.97 Å². The van der Waals surface area contributed by atoms with Crippen molar-refractivity contribution in [2.45, 2.75) is 25.7 Å². The zero-order valence-corrected chi connectivity index (χ0v) is 13.6. The van der Waals surface area contributed by atoms with E-state index in [0.717, 1.165) is 5.56 Å². The summed E-state index contributed by atoms with van der Waals surface area (Å²) in [6.07, 6.45) is 0.927. The van der Waals surface area contributed by atoms with Crippen LogP contribution in [0, 0.1) is 5.92 Å². The molecule has 2 aromatic rings. The van der Waals surface area contributed by atoms with E-state index in [1.54, 1.807) is 0 Å². The third-order valence-electron chi connectivity index (χ3n) is 4.16. The average molecular weight is 310 g/mol. The van der Waals surface area contributed by atoms with Gasteiger partial charge in [-0.2, -0.15) is 0 Å². The highest BCUT2D eigenvalue weighted by Crippen LogP contribution is 2.32. The van der Waals surface area contributed by atoms with Gasteiger partial charge in [-0.05, 0) is 12.0 Å². The molecule has 120 valence electrons. The molecule has 0 N–H and O–H groups in total. The second-order valence-electron chi connectivity index (χ2n) is 5.55. The van der Waals surface area contributed by atoms with Gasteiger partial charge in [-0.15, -0.1) is 0 Å². The van der Waals surface area contributed by atoms with Gasteiger partial charge in [-0.25, -0.2) is 0 Å². The molecule has 0 heterocycles. The van der Waals surface area contributed by atoms with E-state index in [9.17, 15) is 9.59 Å². The van der Waals surface area contributed by atoms with Crippen molar-refractivity contribution in [1.29, 1.82) is 0 Å². The fourth-order valence-electron chi connectivity index (χ4n) is 2.90. The van der Waals surface area contributed by atoms with Crippen molar-refractivity contribution in [1.82, 2.24) is 0 Å². The van der Waals surface area contributed by atoms with Crippen molar-refractivity contribution >= 4 is 11.8 Å². The Morgan fingerprint density at radius 2 is 1.52 bits per heavy atom. The number of methoxy groups -OCH3 is 1. The normalized spacial score (nSPS) is 13.1. The third kappa shape index (κ3) is 4.28. The highest BCUT2D eigenvalue weighted by atomic mass is 16.5. The average Bonchev–Trinajstić information content (AvgIpc) is 2.62. The van der Waals surface area contributed by atoms with Gasteiger partial charge in [0.05, 0.1) is 13.0 Å². The Morgan fingerprint density at radius 3 is 2.04 bits per heavy atom. The minimum absolute atomic E-state index is 0.0433. The first kappa shape index (κ1) is 16.9. The largest absolute Gasteiger partial charge is 0.469 e. The number of carbonyl (C=O) groups excluding carboxylic acids is 2. The van der Waals surface area contributed by atoms with Crippen LogP contribution < -0.4 is 0 Å². The number of ether oxygens (including phenoxy) is 1. The first-order valence-electron chi connectivity index (χ1n) is 7.88. The summed E-state index contributed by atoms with van der Waals surface area (Å²) in [4.78, 5) is 24.7. The van der Waals surface area contributed by atoms with Gasteiger partial charge in [0.1, 0.15) is 0 Å². The predicted octanol–water partition coefficient (Wildman–Crippen LogP) is 4.24. The number of carbonyl (C=O) groups is 2. The molecule has 0 amide bonds. The molecule has 23 heavy (non-hydrogen) atoms. The molecule has 1 unspecified atom stereocenters. The number of hydrogen-bond acceptors (Lipinski definition) is 3. The van der Waals surface area contributed by atoms with Gasteiger partial charge in [-0.3, -0.25) is 9.59 Å². The highest BCUT2D eigenvalue weighted by Gasteiger charge is 2.30. The quantitative estimate of drug-likeness (QED) is 0.567. The highest BCUT2D eigenvalue weighted by molar-refractivity contribution is 5.96. The van der Waals surface area contributed by atoms with Crippen molar-refractivity contribution in [3.63, 3.8) is 0 Å². The Kier molecular flexibility index (Phi) is 6.10. The maximum atomic E-state index is 12.6. The van der Waals surface area contributed by atoms with E-state index in [0.29, 0.717) is 18.4 Å². The summed E-state index contributed by atoms with van der Waals surface area (Å²) >= 11 is 0. The van der Waals surface area contributed by atoms with Gasteiger partial charge in [0, 0.05) is 17.9 Å². The molecule has 0 aliphatic carbocycles. The van der Waals surface area contributed by atoms with E-state index < -0.39 is 0 Å². The molecule has 0 aromatic heterocycles. The number of ketones is 1. The van der Waals surface area contributed by atoms with Crippen molar-refractivity contribution in [3.05, 3.63) is 71.8 Å². The molecule has 2 aromatic carbocycles. The summed E-state index contributed by atoms with van der Waals surface area (Å²) in [6, 6.07) is 18.9. The molecule has 2 rings (SSSR count). The Bertz CT molecular complexity index is 634. The summed E-state index contributed by atoms with van der Waals surface area (Å²) in [7, 11) is 1.39. The lowest BCUT2D eigenvalue weighted by Crippen LogP contribution is -2.25. The maximum Gasteiger partial charge on any atom is 0.309 e. The molecule has 0 saturated carbocycles. The Balaban J connectivity index is 2.30. The number of Topliss-reactive ketones (excluding diaryl/α,β-unsaturated/α-hetero) is 1. The fourth-order valence-corrected chi connectivity index (χ4v) is 2.90. The summed E-state index contributed by atoms with van der Waals surface area (Å²) in [6.45, 7) is 1.95. The number of benzene rings is 2. The van der Waals surface area contributed by atoms with Crippen molar-refractivity contribution < 1.29 is 14.3 Å². The lowest BCUT2D eigenvalue weighted by Gasteiger charge is -2.24. The predicted molar refractivity (Wildman–Crippen MR) is 90.4 cm³/mol. The van der Waals surface area contributed by atoms with Crippen LogP contribution >= 0.6 is 0 Å². The first-order valence-corrected chi connectivity index (χ1v) is 7.88. The van der Waals surface area contributed by atoms with E-state index in [1.165, 1.54) is 7.11 Å². The van der Waals surface area contributed by atoms with Crippen molar-refractivity contribution in [2.75, 3.05) is 7.11 Å². The van der Waals surface area contributed by atoms with Gasteiger partial charge in [0.25, 0.3) is 0 Å². The smallest absolute Gasteiger partial charge is 0.309 e. The van der Waals surface area contributed by atoms with E-state index in [1.807, 2.05) is 67.6 Å². The monoisotopic (exact) mass is 310 g/mol. The first-order chi connectivity index (χ1) is 11.2. The van der Waals surface area contributed by atoms with E-state index in [-0.39, 0.29) is 23.6 Å². The Morgan fingerprint density at radius 1 is 0.957 bits per heavy atom. The van der Waals surface area contributed by atoms with Crippen LogP contribution in [0.5, 0.6) is 0 Å². The molecule has 0 bridgehead atoms. The molecule has 0 saturated heterocycles. The summed E-state index contributed by atoms with van der Waals surface area (Å²) in [5.74, 6) is -0.722. The Labute approximate surface area is 137 Å². The molecule has 0 spiro atoms. The summed E-state index contributed by atoms with van der Waals surface area (Å²) in [5, 5.41) is 0. The fraction of sp³-hybridized carbons (Fsp3) is 0.300. The molecule has 3 heteroatoms. The standard InChI is InChI=1S/C20H22O3/c1-3-17(20(22)23-2)18(15-10-6-4-7-11-15)14-19(21)16-12-8-5-9-13-16/h4-13,17-18H,3,14H2,1-2H3/t17-,18?/m0/s1. The zero-order valence-electron chi connectivity index (χ0n) is 13.6. The number of esters is 1. The van der Waals surface area contributed by atoms with Gasteiger partial charge in [0.15, 0.2) is 5.78 Å². The van der Waals surface area contributed by atoms with Crippen molar-refractivity contribution in [2.24, 2.45) is 5.92 Å². The lowest BCUT2D eigenvalue weighted by atomic mass is 9.80. The van der Waals surface area contributed by atoms with Crippen LogP contribution in [0.25, 0.3) is 0 Å². The van der Waals surface area contributed by atoms with E-state index in [2.05, 4.69) is 0 Å². The number of rotatable bonds is 7. The molecule has 3 nitrogen and oxygen atoms in total. The molecule has 0 radical (unpaired) electrons. The van der Waals surface area contributed by atoms with Crippen LogP contribution in [0.3, 0.4) is 0 Å². The summed E-state index contributed by atoms with van der Waals surface area (Å²) < 4.78 is 4.94. The summed E-state index contributed by atoms with van der Waals surface area (Å²) in [5.41, 5.74) is 1.67. The second kappa shape index (κ2) is 8.28. The molecular weight excluding hydrogens is 288 g/mol. The molecular formula is C20H22O3. The molecule has 2 atom stereocenters. The zero-order chi connectivity index (χ0) is 16.7.